The molecule has 0 atom stereocenters. The molecular formula is C11H15BrOS. The fourth-order valence-electron chi connectivity index (χ4n) is 1.37. The average molecular weight is 275 g/mol. The highest BCUT2D eigenvalue weighted by Crippen LogP contribution is 2.28. The molecule has 3 heteroatoms. The Hall–Kier alpha value is -0.150. The first kappa shape index (κ1) is 11.9. The maximum atomic E-state index is 10.5. The zero-order chi connectivity index (χ0) is 10.4. The molecule has 0 aromatic carbocycles. The van der Waals surface area contributed by atoms with Gasteiger partial charge in [-0.2, -0.15) is 0 Å². The summed E-state index contributed by atoms with van der Waals surface area (Å²) in [7, 11) is 0. The number of thiophene rings is 1. The van der Waals surface area contributed by atoms with Crippen LogP contribution in [0, 0.1) is 0 Å². The lowest BCUT2D eigenvalue weighted by molar-refractivity contribution is 0.112. The van der Waals surface area contributed by atoms with Gasteiger partial charge in [0.25, 0.3) is 0 Å². The van der Waals surface area contributed by atoms with Crippen LogP contribution in [0.2, 0.25) is 0 Å². The zero-order valence-electron chi connectivity index (χ0n) is 8.38. The molecule has 0 spiro atoms. The molecule has 0 N–H and O–H groups in total. The molecule has 1 aromatic heterocycles. The first-order valence-electron chi connectivity index (χ1n) is 5.01. The number of carbonyl (C=O) groups excluding carboxylic acids is 1. The third-order valence-corrected chi connectivity index (χ3v) is 4.24. The van der Waals surface area contributed by atoms with Gasteiger partial charge >= 0.3 is 0 Å². The van der Waals surface area contributed by atoms with Gasteiger partial charge in [0.2, 0.25) is 0 Å². The molecule has 0 saturated carbocycles. The largest absolute Gasteiger partial charge is 0.297 e. The molecule has 0 aliphatic heterocycles. The van der Waals surface area contributed by atoms with Crippen molar-refractivity contribution < 1.29 is 4.79 Å². The fourth-order valence-corrected chi connectivity index (χ4v) is 3.12. The van der Waals surface area contributed by atoms with Crippen LogP contribution in [0.5, 0.6) is 0 Å². The highest BCUT2D eigenvalue weighted by molar-refractivity contribution is 9.10. The molecular weight excluding hydrogens is 260 g/mol. The third kappa shape index (κ3) is 3.54. The first-order chi connectivity index (χ1) is 6.77. The molecule has 1 nitrogen and oxygen atoms in total. The number of hydrogen-bond donors (Lipinski definition) is 0. The Bertz CT molecular complexity index is 293. The van der Waals surface area contributed by atoms with Gasteiger partial charge < -0.3 is 0 Å². The van der Waals surface area contributed by atoms with E-state index in [1.807, 2.05) is 6.07 Å². The van der Waals surface area contributed by atoms with Crippen LogP contribution in [0.15, 0.2) is 10.5 Å². The lowest BCUT2D eigenvalue weighted by Crippen LogP contribution is -1.82. The number of rotatable bonds is 6. The summed E-state index contributed by atoms with van der Waals surface area (Å²) in [5.74, 6) is 0. The van der Waals surface area contributed by atoms with Crippen LogP contribution in [0.3, 0.4) is 0 Å². The summed E-state index contributed by atoms with van der Waals surface area (Å²) < 4.78 is 1.10. The number of hydrogen-bond acceptors (Lipinski definition) is 2. The lowest BCUT2D eigenvalue weighted by atomic mass is 10.1. The molecule has 0 aliphatic rings. The number of carbonyl (C=O) groups is 1. The highest BCUT2D eigenvalue weighted by atomic mass is 79.9. The van der Waals surface area contributed by atoms with E-state index in [1.54, 1.807) is 11.3 Å². The molecule has 0 bridgehead atoms. The van der Waals surface area contributed by atoms with Gasteiger partial charge in [-0.1, -0.05) is 26.2 Å². The topological polar surface area (TPSA) is 17.1 Å². The van der Waals surface area contributed by atoms with Crippen LogP contribution in [0.4, 0.5) is 0 Å². The van der Waals surface area contributed by atoms with Gasteiger partial charge in [0.1, 0.15) is 0 Å². The molecule has 0 radical (unpaired) electrons. The lowest BCUT2D eigenvalue weighted by Gasteiger charge is -1.97. The Morgan fingerprint density at radius 1 is 1.43 bits per heavy atom. The van der Waals surface area contributed by atoms with Gasteiger partial charge in [-0.15, -0.1) is 11.3 Å². The minimum atomic E-state index is 0.822. The Morgan fingerprint density at radius 3 is 2.79 bits per heavy atom. The SMILES string of the molecule is CCCCCCc1sc(C=O)cc1Br. The van der Waals surface area contributed by atoms with Gasteiger partial charge in [-0.3, -0.25) is 4.79 Å². The number of aryl methyl sites for hydroxylation is 1. The van der Waals surface area contributed by atoms with E-state index in [0.29, 0.717) is 0 Å². The van der Waals surface area contributed by atoms with E-state index in [2.05, 4.69) is 22.9 Å². The molecule has 0 amide bonds. The number of unbranched alkanes of at least 4 members (excludes halogenated alkanes) is 3. The Morgan fingerprint density at radius 2 is 2.21 bits per heavy atom. The normalized spacial score (nSPS) is 10.4. The highest BCUT2D eigenvalue weighted by Gasteiger charge is 2.05. The number of halogens is 1. The molecule has 1 aromatic rings. The van der Waals surface area contributed by atoms with Crippen LogP contribution in [0.25, 0.3) is 0 Å². The molecule has 1 rings (SSSR count). The maximum absolute atomic E-state index is 10.5. The molecule has 0 aliphatic carbocycles. The molecule has 14 heavy (non-hydrogen) atoms. The van der Waals surface area contributed by atoms with Crippen LogP contribution in [0.1, 0.15) is 47.2 Å². The van der Waals surface area contributed by atoms with E-state index in [-0.39, 0.29) is 0 Å². The van der Waals surface area contributed by atoms with Crippen molar-refractivity contribution in [2.45, 2.75) is 39.0 Å². The fraction of sp³-hybridized carbons (Fsp3) is 0.545. The van der Waals surface area contributed by atoms with E-state index < -0.39 is 0 Å². The minimum absolute atomic E-state index is 0.822. The van der Waals surface area contributed by atoms with Gasteiger partial charge in [0.05, 0.1) is 4.88 Å². The Kier molecular flexibility index (Phi) is 5.41. The summed E-state index contributed by atoms with van der Waals surface area (Å²) in [5.41, 5.74) is 0. The Balaban J connectivity index is 2.41. The summed E-state index contributed by atoms with van der Waals surface area (Å²) in [4.78, 5) is 12.7. The van der Waals surface area contributed by atoms with Crippen LogP contribution in [-0.4, -0.2) is 6.29 Å². The summed E-state index contributed by atoms with van der Waals surface area (Å²) >= 11 is 5.08. The third-order valence-electron chi connectivity index (χ3n) is 2.15. The van der Waals surface area contributed by atoms with Crippen molar-refractivity contribution in [3.8, 4) is 0 Å². The summed E-state index contributed by atoms with van der Waals surface area (Å²) in [5, 5.41) is 0. The van der Waals surface area contributed by atoms with Crippen LogP contribution >= 0.6 is 27.3 Å². The van der Waals surface area contributed by atoms with Crippen molar-refractivity contribution in [3.63, 3.8) is 0 Å². The second kappa shape index (κ2) is 6.36. The van der Waals surface area contributed by atoms with Crippen LogP contribution in [-0.2, 0) is 6.42 Å². The second-order valence-electron chi connectivity index (χ2n) is 3.35. The quantitative estimate of drug-likeness (QED) is 0.554. The molecule has 78 valence electrons. The Labute approximate surface area is 97.7 Å². The summed E-state index contributed by atoms with van der Waals surface area (Å²) in [6.45, 7) is 2.21. The van der Waals surface area contributed by atoms with Gasteiger partial charge in [0, 0.05) is 9.35 Å². The predicted molar refractivity (Wildman–Crippen MR) is 65.3 cm³/mol. The molecule has 0 unspecified atom stereocenters. The minimum Gasteiger partial charge on any atom is -0.297 e. The average Bonchev–Trinajstić information content (AvgIpc) is 2.54. The summed E-state index contributed by atoms with van der Waals surface area (Å²) in [6, 6.07) is 1.91. The smallest absolute Gasteiger partial charge is 0.160 e. The van der Waals surface area contributed by atoms with Gasteiger partial charge in [-0.25, -0.2) is 0 Å². The van der Waals surface area contributed by atoms with E-state index >= 15 is 0 Å². The summed E-state index contributed by atoms with van der Waals surface area (Å²) in [6.07, 6.45) is 7.11. The van der Waals surface area contributed by atoms with Crippen molar-refractivity contribution in [1.82, 2.24) is 0 Å². The van der Waals surface area contributed by atoms with E-state index in [9.17, 15) is 4.79 Å². The zero-order valence-corrected chi connectivity index (χ0v) is 10.8. The van der Waals surface area contributed by atoms with Crippen molar-refractivity contribution in [2.24, 2.45) is 0 Å². The number of aldehydes is 1. The van der Waals surface area contributed by atoms with Gasteiger partial charge in [0.15, 0.2) is 6.29 Å². The van der Waals surface area contributed by atoms with E-state index in [0.717, 1.165) is 22.1 Å². The van der Waals surface area contributed by atoms with E-state index in [1.165, 1.54) is 30.6 Å². The monoisotopic (exact) mass is 274 g/mol. The standard InChI is InChI=1S/C11H15BrOS/c1-2-3-4-5-6-11-10(12)7-9(8-13)14-11/h7-8H,2-6H2,1H3. The molecule has 1 heterocycles. The molecule has 0 saturated heterocycles. The second-order valence-corrected chi connectivity index (χ2v) is 5.37. The molecule has 0 fully saturated rings. The first-order valence-corrected chi connectivity index (χ1v) is 6.62. The van der Waals surface area contributed by atoms with Crippen molar-refractivity contribution in [2.75, 3.05) is 0 Å². The predicted octanol–water partition coefficient (Wildman–Crippen LogP) is 4.45. The maximum Gasteiger partial charge on any atom is 0.160 e. The van der Waals surface area contributed by atoms with Gasteiger partial charge in [-0.05, 0) is 34.8 Å². The van der Waals surface area contributed by atoms with Crippen LogP contribution < -0.4 is 0 Å². The van der Waals surface area contributed by atoms with Crippen molar-refractivity contribution in [3.05, 3.63) is 20.3 Å². The van der Waals surface area contributed by atoms with Crippen molar-refractivity contribution in [1.29, 1.82) is 0 Å². The van der Waals surface area contributed by atoms with E-state index in [4.69, 9.17) is 0 Å². The van der Waals surface area contributed by atoms with Crippen molar-refractivity contribution >= 4 is 33.6 Å².